The second-order valence-corrected chi connectivity index (χ2v) is 6.82. The SMILES string of the molecule is CC[C@H](NC(=O)c1cccc2c1CCN2c1ccnc(N)n1)c1ccccc1. The summed E-state index contributed by atoms with van der Waals surface area (Å²) >= 11 is 0. The Morgan fingerprint density at radius 1 is 1.18 bits per heavy atom. The second kappa shape index (κ2) is 7.68. The van der Waals surface area contributed by atoms with E-state index in [1.54, 1.807) is 6.20 Å². The van der Waals surface area contributed by atoms with Crippen molar-refractivity contribution in [1.82, 2.24) is 15.3 Å². The Bertz CT molecular complexity index is 989. The van der Waals surface area contributed by atoms with Crippen LogP contribution in [-0.4, -0.2) is 22.4 Å². The fourth-order valence-corrected chi connectivity index (χ4v) is 3.74. The van der Waals surface area contributed by atoms with Gasteiger partial charge in [0, 0.05) is 24.0 Å². The molecule has 0 spiro atoms. The van der Waals surface area contributed by atoms with Gasteiger partial charge in [0.25, 0.3) is 5.91 Å². The Morgan fingerprint density at radius 3 is 2.75 bits per heavy atom. The number of rotatable bonds is 5. The van der Waals surface area contributed by atoms with Gasteiger partial charge < -0.3 is 16.0 Å². The van der Waals surface area contributed by atoms with E-state index in [9.17, 15) is 4.79 Å². The van der Waals surface area contributed by atoms with Gasteiger partial charge in [-0.25, -0.2) is 4.98 Å². The lowest BCUT2D eigenvalue weighted by Gasteiger charge is -2.20. The Kier molecular flexibility index (Phi) is 4.93. The van der Waals surface area contributed by atoms with Crippen molar-refractivity contribution in [2.45, 2.75) is 25.8 Å². The van der Waals surface area contributed by atoms with E-state index in [4.69, 9.17) is 5.73 Å². The number of carbonyl (C=O) groups is 1. The molecule has 3 N–H and O–H groups in total. The second-order valence-electron chi connectivity index (χ2n) is 6.82. The fraction of sp³-hybridized carbons (Fsp3) is 0.227. The zero-order chi connectivity index (χ0) is 19.5. The number of fused-ring (bicyclic) bond motifs is 1. The summed E-state index contributed by atoms with van der Waals surface area (Å²) < 4.78 is 0. The molecule has 1 aromatic heterocycles. The lowest BCUT2D eigenvalue weighted by Crippen LogP contribution is -2.28. The van der Waals surface area contributed by atoms with Crippen molar-refractivity contribution in [2.75, 3.05) is 17.2 Å². The highest BCUT2D eigenvalue weighted by Crippen LogP contribution is 2.35. The molecular formula is C22H23N5O. The van der Waals surface area contributed by atoms with Gasteiger partial charge in [-0.1, -0.05) is 43.3 Å². The van der Waals surface area contributed by atoms with Gasteiger partial charge in [-0.05, 0) is 42.2 Å². The number of amides is 1. The Hall–Kier alpha value is -3.41. The molecule has 1 atom stereocenters. The molecule has 2 aromatic carbocycles. The van der Waals surface area contributed by atoms with Crippen molar-refractivity contribution >= 4 is 23.4 Å². The molecule has 0 bridgehead atoms. The van der Waals surface area contributed by atoms with E-state index < -0.39 is 0 Å². The first-order chi connectivity index (χ1) is 13.7. The number of carbonyl (C=O) groups excluding carboxylic acids is 1. The van der Waals surface area contributed by atoms with Gasteiger partial charge >= 0.3 is 0 Å². The van der Waals surface area contributed by atoms with Crippen molar-refractivity contribution in [3.63, 3.8) is 0 Å². The highest BCUT2D eigenvalue weighted by Gasteiger charge is 2.26. The van der Waals surface area contributed by atoms with Gasteiger partial charge in [0.1, 0.15) is 5.82 Å². The highest BCUT2D eigenvalue weighted by atomic mass is 16.1. The number of nitrogens with two attached hydrogens (primary N) is 1. The predicted molar refractivity (Wildman–Crippen MR) is 111 cm³/mol. The van der Waals surface area contributed by atoms with Crippen LogP contribution in [0.1, 0.15) is 40.9 Å². The van der Waals surface area contributed by atoms with Crippen LogP contribution in [0, 0.1) is 0 Å². The first kappa shape index (κ1) is 18.0. The smallest absolute Gasteiger partial charge is 0.252 e. The van der Waals surface area contributed by atoms with Crippen LogP contribution in [0.15, 0.2) is 60.8 Å². The van der Waals surface area contributed by atoms with Crippen molar-refractivity contribution < 1.29 is 4.79 Å². The standard InChI is InChI=1S/C22H23N5O/c1-2-18(15-7-4-3-5-8-15)25-21(28)17-9-6-10-19-16(17)12-14-27(19)20-11-13-24-22(23)26-20/h3-11,13,18H,2,12,14H2,1H3,(H,25,28)(H2,23,24,26)/t18-/m0/s1. The highest BCUT2D eigenvalue weighted by molar-refractivity contribution is 5.98. The minimum Gasteiger partial charge on any atom is -0.368 e. The van der Waals surface area contributed by atoms with Crippen molar-refractivity contribution in [2.24, 2.45) is 0 Å². The maximum absolute atomic E-state index is 13.1. The van der Waals surface area contributed by atoms with Crippen LogP contribution < -0.4 is 16.0 Å². The van der Waals surface area contributed by atoms with E-state index in [0.717, 1.165) is 47.6 Å². The number of aromatic nitrogens is 2. The third kappa shape index (κ3) is 3.41. The van der Waals surface area contributed by atoms with Crippen molar-refractivity contribution in [1.29, 1.82) is 0 Å². The minimum absolute atomic E-state index is 0.0104. The summed E-state index contributed by atoms with van der Waals surface area (Å²) in [6.07, 6.45) is 3.26. The number of nitrogens with one attached hydrogen (secondary N) is 1. The lowest BCUT2D eigenvalue weighted by atomic mass is 10.0. The molecule has 1 aliphatic heterocycles. The molecule has 142 valence electrons. The summed E-state index contributed by atoms with van der Waals surface area (Å²) in [5, 5.41) is 3.19. The first-order valence-electron chi connectivity index (χ1n) is 9.51. The molecule has 0 fully saturated rings. The quantitative estimate of drug-likeness (QED) is 0.713. The van der Waals surface area contributed by atoms with E-state index in [2.05, 4.69) is 27.1 Å². The molecule has 2 heterocycles. The van der Waals surface area contributed by atoms with Crippen LogP contribution in [0.5, 0.6) is 0 Å². The van der Waals surface area contributed by atoms with E-state index in [1.807, 2.05) is 54.6 Å². The minimum atomic E-state index is -0.0448. The zero-order valence-electron chi connectivity index (χ0n) is 15.8. The molecule has 0 unspecified atom stereocenters. The van der Waals surface area contributed by atoms with Gasteiger partial charge in [-0.3, -0.25) is 4.79 Å². The Labute approximate surface area is 164 Å². The molecular weight excluding hydrogens is 350 g/mol. The Morgan fingerprint density at radius 2 is 2.00 bits per heavy atom. The van der Waals surface area contributed by atoms with Gasteiger partial charge in [0.05, 0.1) is 6.04 Å². The molecule has 0 saturated heterocycles. The van der Waals surface area contributed by atoms with Gasteiger partial charge in [0.2, 0.25) is 5.95 Å². The maximum Gasteiger partial charge on any atom is 0.252 e. The molecule has 28 heavy (non-hydrogen) atoms. The van der Waals surface area contributed by atoms with Crippen molar-refractivity contribution in [3.8, 4) is 0 Å². The molecule has 6 nitrogen and oxygen atoms in total. The Balaban J connectivity index is 1.61. The van der Waals surface area contributed by atoms with E-state index >= 15 is 0 Å². The van der Waals surface area contributed by atoms with Crippen LogP contribution >= 0.6 is 0 Å². The number of hydrogen-bond acceptors (Lipinski definition) is 5. The van der Waals surface area contributed by atoms with Crippen LogP contribution in [0.25, 0.3) is 0 Å². The van der Waals surface area contributed by atoms with E-state index in [-0.39, 0.29) is 17.9 Å². The van der Waals surface area contributed by atoms with Gasteiger partial charge in [-0.2, -0.15) is 4.98 Å². The number of benzene rings is 2. The topological polar surface area (TPSA) is 84.1 Å². The number of anilines is 3. The van der Waals surface area contributed by atoms with E-state index in [1.165, 1.54) is 0 Å². The van der Waals surface area contributed by atoms with E-state index in [0.29, 0.717) is 0 Å². The van der Waals surface area contributed by atoms with Crippen LogP contribution in [0.2, 0.25) is 0 Å². The zero-order valence-corrected chi connectivity index (χ0v) is 15.8. The summed E-state index contributed by atoms with van der Waals surface area (Å²) in [6.45, 7) is 2.83. The average molecular weight is 373 g/mol. The third-order valence-electron chi connectivity index (χ3n) is 5.12. The summed E-state index contributed by atoms with van der Waals surface area (Å²) in [5.41, 5.74) is 9.61. The molecule has 6 heteroatoms. The number of nitrogens with zero attached hydrogens (tertiary/aromatic N) is 3. The van der Waals surface area contributed by atoms with Gasteiger partial charge in [-0.15, -0.1) is 0 Å². The third-order valence-corrected chi connectivity index (χ3v) is 5.12. The predicted octanol–water partition coefficient (Wildman–Crippen LogP) is 3.63. The number of nitrogen functional groups attached to an aromatic ring is 1. The van der Waals surface area contributed by atoms with Crippen LogP contribution in [0.3, 0.4) is 0 Å². The van der Waals surface area contributed by atoms with Crippen LogP contribution in [-0.2, 0) is 6.42 Å². The molecule has 1 amide bonds. The van der Waals surface area contributed by atoms with Gasteiger partial charge in [0.15, 0.2) is 0 Å². The number of hydrogen-bond donors (Lipinski definition) is 2. The molecule has 0 saturated carbocycles. The van der Waals surface area contributed by atoms with Crippen molar-refractivity contribution in [3.05, 3.63) is 77.5 Å². The normalized spacial score (nSPS) is 13.8. The van der Waals surface area contributed by atoms with Crippen LogP contribution in [0.4, 0.5) is 17.5 Å². The maximum atomic E-state index is 13.1. The summed E-state index contributed by atoms with van der Waals surface area (Å²) in [4.78, 5) is 23.4. The average Bonchev–Trinajstić information content (AvgIpc) is 3.16. The molecule has 0 aliphatic carbocycles. The first-order valence-corrected chi connectivity index (χ1v) is 9.51. The molecule has 1 aliphatic rings. The lowest BCUT2D eigenvalue weighted by molar-refractivity contribution is 0.0935. The molecule has 4 rings (SSSR count). The molecule has 3 aromatic rings. The summed E-state index contributed by atoms with van der Waals surface area (Å²) in [6, 6.07) is 17.7. The largest absolute Gasteiger partial charge is 0.368 e. The fourth-order valence-electron chi connectivity index (χ4n) is 3.74. The molecule has 0 radical (unpaired) electrons. The summed E-state index contributed by atoms with van der Waals surface area (Å²) in [5.74, 6) is 0.949. The monoisotopic (exact) mass is 373 g/mol. The summed E-state index contributed by atoms with van der Waals surface area (Å²) in [7, 11) is 0.